The Balaban J connectivity index is 1.68. The number of thiophene rings is 1. The summed E-state index contributed by atoms with van der Waals surface area (Å²) in [5, 5.41) is 6.60. The van der Waals surface area contributed by atoms with Crippen molar-refractivity contribution in [2.45, 2.75) is 39.3 Å². The van der Waals surface area contributed by atoms with Gasteiger partial charge >= 0.3 is 0 Å². The fourth-order valence-electron chi connectivity index (χ4n) is 3.63. The van der Waals surface area contributed by atoms with E-state index in [2.05, 4.69) is 35.3 Å². The molecule has 1 amide bonds. The number of aromatic nitrogens is 2. The summed E-state index contributed by atoms with van der Waals surface area (Å²) in [4.78, 5) is 18.0. The number of nitrogens with zero attached hydrogens (tertiary/aromatic N) is 4. The number of carbonyl (C=O) groups excluding carboxylic acids is 1. The van der Waals surface area contributed by atoms with Crippen molar-refractivity contribution in [2.24, 2.45) is 7.05 Å². The lowest BCUT2D eigenvalue weighted by Crippen LogP contribution is -2.38. The number of aryl methyl sites for hydroxylation is 2. The molecule has 0 saturated carbocycles. The molecule has 130 valence electrons. The van der Waals surface area contributed by atoms with E-state index in [1.54, 1.807) is 11.3 Å². The van der Waals surface area contributed by atoms with Gasteiger partial charge in [-0.15, -0.1) is 11.3 Å². The van der Waals surface area contributed by atoms with Gasteiger partial charge in [0, 0.05) is 36.3 Å². The lowest BCUT2D eigenvalue weighted by atomic mass is 10.0. The van der Waals surface area contributed by atoms with Crippen LogP contribution in [-0.2, 0) is 18.4 Å². The molecule has 3 heterocycles. The highest BCUT2D eigenvalue weighted by atomic mass is 32.1. The Morgan fingerprint density at radius 3 is 2.88 bits per heavy atom. The topological polar surface area (TPSA) is 41.4 Å². The van der Waals surface area contributed by atoms with Gasteiger partial charge in [-0.1, -0.05) is 6.07 Å². The summed E-state index contributed by atoms with van der Waals surface area (Å²) < 4.78 is 1.95. The van der Waals surface area contributed by atoms with E-state index < -0.39 is 0 Å². The van der Waals surface area contributed by atoms with Gasteiger partial charge in [0.2, 0.25) is 5.91 Å². The molecule has 1 aliphatic heterocycles. The minimum atomic E-state index is 0.189. The maximum Gasteiger partial charge on any atom is 0.236 e. The van der Waals surface area contributed by atoms with Crippen molar-refractivity contribution in [2.75, 3.05) is 20.1 Å². The van der Waals surface area contributed by atoms with Crippen LogP contribution >= 0.6 is 11.3 Å². The summed E-state index contributed by atoms with van der Waals surface area (Å²) in [6.07, 6.45) is 2.25. The minimum absolute atomic E-state index is 0.189. The van der Waals surface area contributed by atoms with Gasteiger partial charge in [0.25, 0.3) is 0 Å². The number of hydrogen-bond donors (Lipinski definition) is 0. The van der Waals surface area contributed by atoms with Crippen molar-refractivity contribution in [1.29, 1.82) is 0 Å². The van der Waals surface area contributed by atoms with E-state index in [-0.39, 0.29) is 5.91 Å². The zero-order valence-electron chi connectivity index (χ0n) is 15.0. The molecule has 1 fully saturated rings. The Morgan fingerprint density at radius 2 is 2.25 bits per heavy atom. The first-order valence-corrected chi connectivity index (χ1v) is 9.36. The first-order valence-electron chi connectivity index (χ1n) is 8.48. The van der Waals surface area contributed by atoms with Gasteiger partial charge in [0.1, 0.15) is 0 Å². The number of carbonyl (C=O) groups is 1. The van der Waals surface area contributed by atoms with E-state index >= 15 is 0 Å². The summed E-state index contributed by atoms with van der Waals surface area (Å²) in [6.45, 7) is 6.36. The molecule has 0 radical (unpaired) electrons. The van der Waals surface area contributed by atoms with E-state index in [0.717, 1.165) is 25.1 Å². The van der Waals surface area contributed by atoms with Crippen molar-refractivity contribution < 1.29 is 4.79 Å². The third-order valence-corrected chi connectivity index (χ3v) is 5.86. The summed E-state index contributed by atoms with van der Waals surface area (Å²) in [6, 6.07) is 4.43. The van der Waals surface area contributed by atoms with Gasteiger partial charge in [-0.2, -0.15) is 5.10 Å². The molecular weight excluding hydrogens is 320 g/mol. The Labute approximate surface area is 147 Å². The monoisotopic (exact) mass is 346 g/mol. The summed E-state index contributed by atoms with van der Waals surface area (Å²) >= 11 is 1.70. The van der Waals surface area contributed by atoms with Crippen molar-refractivity contribution in [3.05, 3.63) is 39.3 Å². The maximum atomic E-state index is 12.6. The predicted octanol–water partition coefficient (Wildman–Crippen LogP) is 2.89. The van der Waals surface area contributed by atoms with Gasteiger partial charge in [0.05, 0.1) is 18.8 Å². The van der Waals surface area contributed by atoms with E-state index in [1.807, 2.05) is 29.7 Å². The highest BCUT2D eigenvalue weighted by Gasteiger charge is 2.32. The van der Waals surface area contributed by atoms with E-state index in [4.69, 9.17) is 0 Å². The summed E-state index contributed by atoms with van der Waals surface area (Å²) in [7, 11) is 3.89. The van der Waals surface area contributed by atoms with Gasteiger partial charge in [-0.3, -0.25) is 14.4 Å². The molecule has 1 saturated heterocycles. The zero-order valence-corrected chi connectivity index (χ0v) is 15.8. The smallest absolute Gasteiger partial charge is 0.236 e. The molecule has 0 aliphatic carbocycles. The van der Waals surface area contributed by atoms with Gasteiger partial charge in [0.15, 0.2) is 0 Å². The fourth-order valence-corrected chi connectivity index (χ4v) is 4.39. The molecule has 2 aromatic rings. The number of amides is 1. The molecule has 1 aliphatic rings. The summed E-state index contributed by atoms with van der Waals surface area (Å²) in [5.74, 6) is 0.189. The highest BCUT2D eigenvalue weighted by molar-refractivity contribution is 7.09. The predicted molar refractivity (Wildman–Crippen MR) is 97.0 cm³/mol. The van der Waals surface area contributed by atoms with Crippen molar-refractivity contribution in [1.82, 2.24) is 19.6 Å². The van der Waals surface area contributed by atoms with Crippen molar-refractivity contribution in [3.8, 4) is 0 Å². The number of likely N-dealkylation sites (tertiary alicyclic amines) is 1. The second-order valence-corrected chi connectivity index (χ2v) is 7.70. The van der Waals surface area contributed by atoms with Crippen molar-refractivity contribution >= 4 is 17.2 Å². The number of likely N-dealkylation sites (N-methyl/N-ethyl adjacent to an activating group) is 1. The second-order valence-electron chi connectivity index (χ2n) is 6.67. The molecule has 3 rings (SSSR count). The molecule has 0 unspecified atom stereocenters. The first-order chi connectivity index (χ1) is 11.5. The molecule has 0 aromatic carbocycles. The number of rotatable bonds is 5. The Kier molecular flexibility index (Phi) is 5.06. The van der Waals surface area contributed by atoms with Crippen LogP contribution in [0, 0.1) is 13.8 Å². The third kappa shape index (κ3) is 3.39. The number of hydrogen-bond acceptors (Lipinski definition) is 4. The average molecular weight is 346 g/mol. The van der Waals surface area contributed by atoms with Crippen LogP contribution in [0.3, 0.4) is 0 Å². The molecule has 0 spiro atoms. The van der Waals surface area contributed by atoms with Crippen LogP contribution in [0.2, 0.25) is 0 Å². The van der Waals surface area contributed by atoms with Crippen LogP contribution in [0.15, 0.2) is 17.5 Å². The van der Waals surface area contributed by atoms with Crippen LogP contribution < -0.4 is 0 Å². The van der Waals surface area contributed by atoms with Crippen LogP contribution in [0.4, 0.5) is 0 Å². The van der Waals surface area contributed by atoms with Gasteiger partial charge < -0.3 is 4.90 Å². The quantitative estimate of drug-likeness (QED) is 0.836. The van der Waals surface area contributed by atoms with Crippen LogP contribution in [0.5, 0.6) is 0 Å². The standard InChI is InChI=1S/C18H26N4OS/c1-13-18(14(2)21(4)19-13)16-8-5-9-22(16)12-17(23)20(3)11-15-7-6-10-24-15/h6-7,10,16H,5,8-9,11-12H2,1-4H3/t16-/m0/s1. The molecule has 2 aromatic heterocycles. The molecule has 6 heteroatoms. The Morgan fingerprint density at radius 1 is 1.46 bits per heavy atom. The SMILES string of the molecule is Cc1nn(C)c(C)c1[C@@H]1CCCN1CC(=O)N(C)Cc1cccs1. The van der Waals surface area contributed by atoms with Crippen LogP contribution in [0.1, 0.15) is 40.7 Å². The molecule has 24 heavy (non-hydrogen) atoms. The molecule has 5 nitrogen and oxygen atoms in total. The maximum absolute atomic E-state index is 12.6. The second kappa shape index (κ2) is 7.07. The largest absolute Gasteiger partial charge is 0.340 e. The van der Waals surface area contributed by atoms with Crippen LogP contribution in [-0.4, -0.2) is 45.6 Å². The Bertz CT molecular complexity index is 707. The fraction of sp³-hybridized carbons (Fsp3) is 0.556. The van der Waals surface area contributed by atoms with Crippen molar-refractivity contribution in [3.63, 3.8) is 0 Å². The van der Waals surface area contributed by atoms with Crippen LogP contribution in [0.25, 0.3) is 0 Å². The first kappa shape index (κ1) is 17.2. The normalized spacial score (nSPS) is 18.2. The molecular formula is C18H26N4OS. The van der Waals surface area contributed by atoms with Gasteiger partial charge in [-0.25, -0.2) is 0 Å². The lowest BCUT2D eigenvalue weighted by molar-refractivity contribution is -0.131. The van der Waals surface area contributed by atoms with E-state index in [0.29, 0.717) is 19.1 Å². The molecule has 0 N–H and O–H groups in total. The lowest BCUT2D eigenvalue weighted by Gasteiger charge is -2.27. The van der Waals surface area contributed by atoms with E-state index in [1.165, 1.54) is 16.1 Å². The average Bonchev–Trinajstić information content (AvgIpc) is 3.23. The Hall–Kier alpha value is -1.66. The molecule has 1 atom stereocenters. The zero-order chi connectivity index (χ0) is 17.3. The molecule has 0 bridgehead atoms. The highest BCUT2D eigenvalue weighted by Crippen LogP contribution is 2.35. The summed E-state index contributed by atoms with van der Waals surface area (Å²) in [5.41, 5.74) is 3.61. The van der Waals surface area contributed by atoms with Gasteiger partial charge in [-0.05, 0) is 44.7 Å². The third-order valence-electron chi connectivity index (χ3n) is 5.00. The minimum Gasteiger partial charge on any atom is -0.340 e. The van der Waals surface area contributed by atoms with E-state index in [9.17, 15) is 4.79 Å².